The average Bonchev–Trinajstić information content (AvgIpc) is 3.29. The van der Waals surface area contributed by atoms with Crippen molar-refractivity contribution in [2.75, 3.05) is 18.4 Å². The number of carbonyl (C=O) groups is 1. The lowest BCUT2D eigenvalue weighted by molar-refractivity contribution is 0.101. The number of nitrogens with zero attached hydrogens (tertiary/aromatic N) is 4. The summed E-state index contributed by atoms with van der Waals surface area (Å²) in [6, 6.07) is 7.65. The number of hydrogen-bond donors (Lipinski definition) is 3. The first-order chi connectivity index (χ1) is 12.7. The predicted octanol–water partition coefficient (Wildman–Crippen LogP) is 2.12. The molecule has 2 aromatic heterocycles. The van der Waals surface area contributed by atoms with Crippen molar-refractivity contribution in [2.45, 2.75) is 25.8 Å². The van der Waals surface area contributed by atoms with Gasteiger partial charge in [-0.2, -0.15) is 15.5 Å². The molecule has 3 N–H and O–H groups in total. The van der Waals surface area contributed by atoms with Gasteiger partial charge >= 0.3 is 0 Å². The number of aryl methyl sites for hydroxylation is 1. The molecule has 132 valence electrons. The second-order valence-electron chi connectivity index (χ2n) is 6.51. The molecule has 1 aliphatic rings. The lowest BCUT2D eigenvalue weighted by Gasteiger charge is -2.24. The third kappa shape index (κ3) is 2.82. The number of nitriles is 1. The van der Waals surface area contributed by atoms with Gasteiger partial charge in [-0.3, -0.25) is 14.6 Å². The number of piperidine rings is 1. The fourth-order valence-corrected chi connectivity index (χ4v) is 3.39. The number of aromatic nitrogens is 4. The number of H-pyrrole nitrogens is 1. The Labute approximate surface area is 150 Å². The molecule has 3 heterocycles. The molecule has 0 radical (unpaired) electrons. The Hall–Kier alpha value is -3.18. The quantitative estimate of drug-likeness (QED) is 0.670. The zero-order valence-electron chi connectivity index (χ0n) is 14.4. The van der Waals surface area contributed by atoms with E-state index in [1.165, 1.54) is 0 Å². The molecule has 0 spiro atoms. The Kier molecular flexibility index (Phi) is 4.14. The lowest BCUT2D eigenvalue weighted by atomic mass is 10.1. The van der Waals surface area contributed by atoms with E-state index < -0.39 is 0 Å². The van der Waals surface area contributed by atoms with Crippen molar-refractivity contribution in [3.63, 3.8) is 0 Å². The van der Waals surface area contributed by atoms with Gasteiger partial charge in [-0.05, 0) is 50.1 Å². The number of amides is 1. The Balaban J connectivity index is 1.61. The third-order valence-electron chi connectivity index (χ3n) is 4.78. The summed E-state index contributed by atoms with van der Waals surface area (Å²) in [6.07, 6.45) is 3.71. The van der Waals surface area contributed by atoms with E-state index in [2.05, 4.69) is 32.0 Å². The summed E-state index contributed by atoms with van der Waals surface area (Å²) in [5, 5.41) is 27.5. The molecule has 8 nitrogen and oxygen atoms in total. The molecule has 1 aromatic carbocycles. The molecule has 0 aliphatic carbocycles. The molecular formula is C18H19N7O. The summed E-state index contributed by atoms with van der Waals surface area (Å²) in [6.45, 7) is 3.67. The first kappa shape index (κ1) is 16.3. The zero-order valence-corrected chi connectivity index (χ0v) is 14.4. The third-order valence-corrected chi connectivity index (χ3v) is 4.78. The van der Waals surface area contributed by atoms with Crippen LogP contribution in [0.1, 0.15) is 40.5 Å². The maximum Gasteiger partial charge on any atom is 0.275 e. The highest BCUT2D eigenvalue weighted by atomic mass is 16.2. The molecule has 3 aromatic rings. The van der Waals surface area contributed by atoms with E-state index in [4.69, 9.17) is 5.26 Å². The van der Waals surface area contributed by atoms with Crippen LogP contribution in [0.5, 0.6) is 0 Å². The molecular weight excluding hydrogens is 330 g/mol. The summed E-state index contributed by atoms with van der Waals surface area (Å²) >= 11 is 0. The number of anilines is 1. The standard InChI is InChI=1S/C18H19N7O/c1-11-7-14-15(8-12(11)9-19)23-24-17(14)22-18(26)16-4-6-21-25(16)13-3-2-5-20-10-13/h4,6-8,13,20H,2-3,5,10H2,1H3,(H2,22,23,24,26). The van der Waals surface area contributed by atoms with Gasteiger partial charge in [-0.15, -0.1) is 0 Å². The van der Waals surface area contributed by atoms with Gasteiger partial charge in [0.15, 0.2) is 5.82 Å². The number of fused-ring (bicyclic) bond motifs is 1. The largest absolute Gasteiger partial charge is 0.315 e. The number of hydrogen-bond acceptors (Lipinski definition) is 5. The Morgan fingerprint density at radius 1 is 1.46 bits per heavy atom. The van der Waals surface area contributed by atoms with Crippen LogP contribution >= 0.6 is 0 Å². The highest BCUT2D eigenvalue weighted by Gasteiger charge is 2.22. The van der Waals surface area contributed by atoms with E-state index in [0.29, 0.717) is 22.6 Å². The van der Waals surface area contributed by atoms with E-state index in [9.17, 15) is 4.79 Å². The van der Waals surface area contributed by atoms with Crippen molar-refractivity contribution in [3.05, 3.63) is 41.2 Å². The minimum atomic E-state index is -0.247. The van der Waals surface area contributed by atoms with Gasteiger partial charge in [0, 0.05) is 18.1 Å². The van der Waals surface area contributed by atoms with E-state index in [-0.39, 0.29) is 11.9 Å². The first-order valence-electron chi connectivity index (χ1n) is 8.62. The van der Waals surface area contributed by atoms with Gasteiger partial charge in [0.2, 0.25) is 0 Å². The molecule has 8 heteroatoms. The fraction of sp³-hybridized carbons (Fsp3) is 0.333. The highest BCUT2D eigenvalue weighted by Crippen LogP contribution is 2.25. The van der Waals surface area contributed by atoms with Crippen molar-refractivity contribution in [3.8, 4) is 6.07 Å². The number of benzene rings is 1. The molecule has 1 aliphatic heterocycles. The molecule has 1 saturated heterocycles. The summed E-state index contributed by atoms with van der Waals surface area (Å²) in [7, 11) is 0. The molecule has 1 atom stereocenters. The van der Waals surface area contributed by atoms with Crippen molar-refractivity contribution >= 4 is 22.6 Å². The normalized spacial score (nSPS) is 17.2. The summed E-state index contributed by atoms with van der Waals surface area (Å²) < 4.78 is 1.79. The topological polar surface area (TPSA) is 111 Å². The highest BCUT2D eigenvalue weighted by molar-refractivity contribution is 6.07. The summed E-state index contributed by atoms with van der Waals surface area (Å²) in [5.41, 5.74) is 2.66. The second kappa shape index (κ2) is 6.61. The predicted molar refractivity (Wildman–Crippen MR) is 96.9 cm³/mol. The Morgan fingerprint density at radius 3 is 3.12 bits per heavy atom. The van der Waals surface area contributed by atoms with Crippen LogP contribution in [0.15, 0.2) is 24.4 Å². The van der Waals surface area contributed by atoms with Crippen molar-refractivity contribution in [2.24, 2.45) is 0 Å². The molecule has 26 heavy (non-hydrogen) atoms. The van der Waals surface area contributed by atoms with E-state index >= 15 is 0 Å². The second-order valence-corrected chi connectivity index (χ2v) is 6.51. The fourth-order valence-electron chi connectivity index (χ4n) is 3.39. The van der Waals surface area contributed by atoms with Crippen LogP contribution in [0.3, 0.4) is 0 Å². The van der Waals surface area contributed by atoms with Crippen molar-refractivity contribution in [1.29, 1.82) is 5.26 Å². The van der Waals surface area contributed by atoms with Gasteiger partial charge < -0.3 is 10.6 Å². The first-order valence-corrected chi connectivity index (χ1v) is 8.62. The van der Waals surface area contributed by atoms with Crippen LogP contribution in [0, 0.1) is 18.3 Å². The smallest absolute Gasteiger partial charge is 0.275 e. The van der Waals surface area contributed by atoms with Crippen LogP contribution in [0.2, 0.25) is 0 Å². The van der Waals surface area contributed by atoms with Crippen LogP contribution < -0.4 is 10.6 Å². The van der Waals surface area contributed by atoms with Gasteiger partial charge in [0.05, 0.1) is 23.2 Å². The molecule has 1 unspecified atom stereocenters. The Morgan fingerprint density at radius 2 is 2.35 bits per heavy atom. The SMILES string of the molecule is Cc1cc2c(NC(=O)c3ccnn3C3CCCNC3)n[nH]c2cc1C#N. The minimum Gasteiger partial charge on any atom is -0.315 e. The van der Waals surface area contributed by atoms with Gasteiger partial charge in [-0.1, -0.05) is 0 Å². The molecule has 4 rings (SSSR count). The Bertz CT molecular complexity index is 1000. The van der Waals surface area contributed by atoms with E-state index in [1.54, 1.807) is 23.0 Å². The van der Waals surface area contributed by atoms with Gasteiger partial charge in [0.1, 0.15) is 5.69 Å². The van der Waals surface area contributed by atoms with Crippen LogP contribution in [0.4, 0.5) is 5.82 Å². The maximum absolute atomic E-state index is 12.8. The molecule has 0 saturated carbocycles. The van der Waals surface area contributed by atoms with E-state index in [0.717, 1.165) is 36.9 Å². The van der Waals surface area contributed by atoms with Gasteiger partial charge in [-0.25, -0.2) is 0 Å². The lowest BCUT2D eigenvalue weighted by Crippen LogP contribution is -2.34. The van der Waals surface area contributed by atoms with Crippen molar-refractivity contribution in [1.82, 2.24) is 25.3 Å². The monoisotopic (exact) mass is 349 g/mol. The zero-order chi connectivity index (χ0) is 18.1. The molecule has 0 bridgehead atoms. The summed E-state index contributed by atoms with van der Waals surface area (Å²) in [5.74, 6) is 0.204. The number of nitrogens with one attached hydrogen (secondary N) is 3. The average molecular weight is 349 g/mol. The maximum atomic E-state index is 12.8. The molecule has 1 amide bonds. The van der Waals surface area contributed by atoms with E-state index in [1.807, 2.05) is 13.0 Å². The van der Waals surface area contributed by atoms with Crippen LogP contribution in [-0.2, 0) is 0 Å². The molecule has 1 fully saturated rings. The number of carbonyl (C=O) groups excluding carboxylic acids is 1. The van der Waals surface area contributed by atoms with Gasteiger partial charge in [0.25, 0.3) is 5.91 Å². The minimum absolute atomic E-state index is 0.177. The summed E-state index contributed by atoms with van der Waals surface area (Å²) in [4.78, 5) is 12.8. The van der Waals surface area contributed by atoms with Crippen LogP contribution in [-0.4, -0.2) is 39.0 Å². The van der Waals surface area contributed by atoms with Crippen LogP contribution in [0.25, 0.3) is 10.9 Å². The van der Waals surface area contributed by atoms with Crippen molar-refractivity contribution < 1.29 is 4.79 Å². The number of rotatable bonds is 3. The number of aromatic amines is 1.